The van der Waals surface area contributed by atoms with E-state index in [0.29, 0.717) is 30.5 Å². The van der Waals surface area contributed by atoms with E-state index in [0.717, 1.165) is 29.4 Å². The molecule has 0 aliphatic carbocycles. The molecule has 150 valence electrons. The molecule has 1 aliphatic rings. The second-order valence-corrected chi connectivity index (χ2v) is 7.54. The maximum absolute atomic E-state index is 12.6. The highest BCUT2D eigenvalue weighted by atomic mass is 19.4. The highest BCUT2D eigenvalue weighted by Crippen LogP contribution is 2.29. The van der Waals surface area contributed by atoms with Crippen LogP contribution in [0.3, 0.4) is 0 Å². The van der Waals surface area contributed by atoms with Crippen molar-refractivity contribution in [2.24, 2.45) is 5.92 Å². The molecule has 28 heavy (non-hydrogen) atoms. The number of nitrogens with zero attached hydrogens (tertiary/aromatic N) is 5. The third kappa shape index (κ3) is 3.76. The van der Waals surface area contributed by atoms with Crippen LogP contribution in [0, 0.1) is 12.8 Å². The van der Waals surface area contributed by atoms with Crippen LogP contribution in [0.25, 0.3) is 16.4 Å². The molecule has 6 nitrogen and oxygen atoms in total. The topological polar surface area (TPSA) is 58.4 Å². The van der Waals surface area contributed by atoms with Crippen LogP contribution in [-0.2, 0) is 0 Å². The van der Waals surface area contributed by atoms with E-state index in [-0.39, 0.29) is 6.04 Å². The molecule has 0 spiro atoms. The van der Waals surface area contributed by atoms with Gasteiger partial charge in [0.05, 0.1) is 6.54 Å². The van der Waals surface area contributed by atoms with Gasteiger partial charge in [0.25, 0.3) is 0 Å². The fraction of sp³-hybridized carbons (Fsp3) is 0.526. The molecule has 3 heterocycles. The number of benzene rings is 1. The lowest BCUT2D eigenvalue weighted by Crippen LogP contribution is -2.43. The van der Waals surface area contributed by atoms with Gasteiger partial charge in [0.15, 0.2) is 17.3 Å². The van der Waals surface area contributed by atoms with Crippen LogP contribution < -0.4 is 5.32 Å². The Balaban J connectivity index is 1.52. The summed E-state index contributed by atoms with van der Waals surface area (Å²) < 4.78 is 39.5. The lowest BCUT2D eigenvalue weighted by molar-refractivity contribution is -0.148. The number of aromatic nitrogens is 4. The third-order valence-electron chi connectivity index (χ3n) is 5.53. The molecule has 1 N–H and O–H groups in total. The van der Waals surface area contributed by atoms with Crippen molar-refractivity contribution < 1.29 is 13.2 Å². The summed E-state index contributed by atoms with van der Waals surface area (Å²) in [6.07, 6.45) is -2.67. The number of piperidine rings is 1. The Morgan fingerprint density at radius 1 is 1.14 bits per heavy atom. The molecule has 0 saturated carbocycles. The Bertz CT molecular complexity index is 975. The minimum atomic E-state index is -4.13. The summed E-state index contributed by atoms with van der Waals surface area (Å²) in [7, 11) is 0. The molecule has 1 atom stereocenters. The van der Waals surface area contributed by atoms with Gasteiger partial charge < -0.3 is 5.32 Å². The zero-order chi connectivity index (χ0) is 19.9. The monoisotopic (exact) mass is 392 g/mol. The molecule has 1 fully saturated rings. The molecule has 1 aliphatic heterocycles. The van der Waals surface area contributed by atoms with Crippen LogP contribution >= 0.6 is 0 Å². The normalized spacial score (nSPS) is 18.0. The molecule has 1 saturated heterocycles. The van der Waals surface area contributed by atoms with Gasteiger partial charge in [0, 0.05) is 16.8 Å². The van der Waals surface area contributed by atoms with Crippen LogP contribution in [0.5, 0.6) is 0 Å². The summed E-state index contributed by atoms with van der Waals surface area (Å²) in [6, 6.07) is 7.99. The van der Waals surface area contributed by atoms with Crippen molar-refractivity contribution in [1.82, 2.24) is 24.7 Å². The second kappa shape index (κ2) is 7.20. The number of likely N-dealkylation sites (tertiary alicyclic amines) is 1. The number of halogens is 3. The minimum Gasteiger partial charge on any atom is -0.365 e. The fourth-order valence-electron chi connectivity index (χ4n) is 3.99. The van der Waals surface area contributed by atoms with Crippen molar-refractivity contribution in [3.8, 4) is 0 Å². The van der Waals surface area contributed by atoms with E-state index < -0.39 is 12.7 Å². The Labute approximate surface area is 160 Å². The van der Waals surface area contributed by atoms with Gasteiger partial charge in [-0.2, -0.15) is 17.7 Å². The molecule has 1 unspecified atom stereocenters. The molecule has 0 amide bonds. The number of alkyl halides is 3. The molecule has 1 aromatic carbocycles. The van der Waals surface area contributed by atoms with Gasteiger partial charge in [-0.3, -0.25) is 4.90 Å². The van der Waals surface area contributed by atoms with Gasteiger partial charge in [0.2, 0.25) is 0 Å². The minimum absolute atomic E-state index is 0.0955. The smallest absolute Gasteiger partial charge is 0.365 e. The molecular formula is C19H23F3N6. The summed E-state index contributed by atoms with van der Waals surface area (Å²) in [5, 5.41) is 18.4. The van der Waals surface area contributed by atoms with Crippen molar-refractivity contribution in [2.45, 2.75) is 38.9 Å². The average Bonchev–Trinajstić information content (AvgIpc) is 3.02. The maximum atomic E-state index is 12.6. The van der Waals surface area contributed by atoms with Crippen LogP contribution in [0.1, 0.15) is 25.6 Å². The Hall–Kier alpha value is -2.42. The predicted octanol–water partition coefficient (Wildman–Crippen LogP) is 3.66. The van der Waals surface area contributed by atoms with Crippen LogP contribution in [0.4, 0.5) is 19.0 Å². The zero-order valence-electron chi connectivity index (χ0n) is 15.9. The quantitative estimate of drug-likeness (QED) is 0.734. The van der Waals surface area contributed by atoms with E-state index in [4.69, 9.17) is 0 Å². The lowest BCUT2D eigenvalue weighted by Gasteiger charge is -2.35. The first-order valence-electron chi connectivity index (χ1n) is 9.48. The summed E-state index contributed by atoms with van der Waals surface area (Å²) in [6.45, 7) is 4.04. The van der Waals surface area contributed by atoms with Gasteiger partial charge in [-0.05, 0) is 45.7 Å². The lowest BCUT2D eigenvalue weighted by atomic mass is 9.90. The largest absolute Gasteiger partial charge is 0.401 e. The predicted molar refractivity (Wildman–Crippen MR) is 101 cm³/mol. The van der Waals surface area contributed by atoms with Crippen molar-refractivity contribution in [1.29, 1.82) is 0 Å². The van der Waals surface area contributed by atoms with E-state index in [1.54, 1.807) is 4.52 Å². The summed E-state index contributed by atoms with van der Waals surface area (Å²) in [5.74, 6) is 1.75. The van der Waals surface area contributed by atoms with Gasteiger partial charge in [-0.25, -0.2) is 0 Å². The molecule has 2 aromatic heterocycles. The maximum Gasteiger partial charge on any atom is 0.401 e. The highest BCUT2D eigenvalue weighted by Gasteiger charge is 2.33. The first kappa shape index (κ1) is 18.9. The van der Waals surface area contributed by atoms with E-state index in [2.05, 4.69) is 27.5 Å². The van der Waals surface area contributed by atoms with Crippen molar-refractivity contribution >= 4 is 22.2 Å². The molecule has 0 radical (unpaired) electrons. The Kier molecular flexibility index (Phi) is 4.86. The molecular weight excluding hydrogens is 369 g/mol. The Morgan fingerprint density at radius 2 is 1.82 bits per heavy atom. The van der Waals surface area contributed by atoms with Gasteiger partial charge in [-0.1, -0.05) is 24.3 Å². The standard InChI is InChI=1S/C19H23F3N6/c1-12(14-7-9-27(10-8-14)11-19(20,21)22)23-17-15-5-3-4-6-16(15)18-25-24-13(2)28(18)26-17/h3-6,12,14H,7-11H2,1-2H3,(H,23,26). The zero-order valence-corrected chi connectivity index (χ0v) is 15.9. The van der Waals surface area contributed by atoms with Gasteiger partial charge in [-0.15, -0.1) is 15.3 Å². The van der Waals surface area contributed by atoms with Gasteiger partial charge >= 0.3 is 6.18 Å². The molecule has 0 bridgehead atoms. The first-order valence-corrected chi connectivity index (χ1v) is 9.48. The number of aryl methyl sites for hydroxylation is 1. The highest BCUT2D eigenvalue weighted by molar-refractivity contribution is 5.99. The van der Waals surface area contributed by atoms with Crippen molar-refractivity contribution in [2.75, 3.05) is 25.0 Å². The number of nitrogens with one attached hydrogen (secondary N) is 1. The number of hydrogen-bond acceptors (Lipinski definition) is 5. The molecule has 9 heteroatoms. The SMILES string of the molecule is Cc1nnc2c3ccccc3c(NC(C)C3CCN(CC(F)(F)F)CC3)nn12. The van der Waals surface area contributed by atoms with Crippen LogP contribution in [0.2, 0.25) is 0 Å². The number of hydrogen-bond donors (Lipinski definition) is 1. The number of fused-ring (bicyclic) bond motifs is 3. The molecule has 3 aromatic rings. The Morgan fingerprint density at radius 3 is 2.50 bits per heavy atom. The van der Waals surface area contributed by atoms with E-state index in [1.807, 2.05) is 31.2 Å². The van der Waals surface area contributed by atoms with Crippen molar-refractivity contribution in [3.05, 3.63) is 30.1 Å². The average molecular weight is 392 g/mol. The third-order valence-corrected chi connectivity index (χ3v) is 5.53. The number of rotatable bonds is 4. The second-order valence-electron chi connectivity index (χ2n) is 7.54. The van der Waals surface area contributed by atoms with Crippen LogP contribution in [0.15, 0.2) is 24.3 Å². The van der Waals surface area contributed by atoms with Gasteiger partial charge in [0.1, 0.15) is 0 Å². The van der Waals surface area contributed by atoms with Crippen LogP contribution in [-0.4, -0.2) is 56.6 Å². The fourth-order valence-corrected chi connectivity index (χ4v) is 3.99. The first-order chi connectivity index (χ1) is 13.3. The van der Waals surface area contributed by atoms with E-state index in [1.165, 1.54) is 4.90 Å². The van der Waals surface area contributed by atoms with Crippen molar-refractivity contribution in [3.63, 3.8) is 0 Å². The summed E-state index contributed by atoms with van der Waals surface area (Å²) >= 11 is 0. The van der Waals surface area contributed by atoms with E-state index >= 15 is 0 Å². The summed E-state index contributed by atoms with van der Waals surface area (Å²) in [4.78, 5) is 1.49. The number of anilines is 1. The molecule has 4 rings (SSSR count). The summed E-state index contributed by atoms with van der Waals surface area (Å²) in [5.41, 5.74) is 0.715. The van der Waals surface area contributed by atoms with E-state index in [9.17, 15) is 13.2 Å².